The maximum atomic E-state index is 12.1. The fourth-order valence-corrected chi connectivity index (χ4v) is 2.23. The molecule has 0 aliphatic rings. The summed E-state index contributed by atoms with van der Waals surface area (Å²) in [5.41, 5.74) is 3.52. The first kappa shape index (κ1) is 16.5. The van der Waals surface area contributed by atoms with E-state index in [4.69, 9.17) is 4.74 Å². The molecule has 0 atom stereocenters. The van der Waals surface area contributed by atoms with Gasteiger partial charge in [0.15, 0.2) is 0 Å². The van der Waals surface area contributed by atoms with Crippen LogP contribution in [0.2, 0.25) is 0 Å². The van der Waals surface area contributed by atoms with Crippen LogP contribution in [0, 0.1) is 6.92 Å². The minimum atomic E-state index is -0.406. The summed E-state index contributed by atoms with van der Waals surface area (Å²) in [6, 6.07) is 14.4. The maximum Gasteiger partial charge on any atom is 0.338 e. The minimum Gasteiger partial charge on any atom is -0.465 e. The van der Waals surface area contributed by atoms with E-state index in [1.165, 1.54) is 14.2 Å². The Morgan fingerprint density at radius 1 is 0.913 bits per heavy atom. The second kappa shape index (κ2) is 7.40. The molecule has 23 heavy (non-hydrogen) atoms. The Bertz CT molecular complexity index is 742. The van der Waals surface area contributed by atoms with E-state index >= 15 is 0 Å². The van der Waals surface area contributed by atoms with E-state index in [1.54, 1.807) is 30.3 Å². The van der Waals surface area contributed by atoms with Gasteiger partial charge in [-0.2, -0.15) is 0 Å². The normalized spacial score (nSPS) is 11.0. The molecule has 0 saturated carbocycles. The fourth-order valence-electron chi connectivity index (χ4n) is 2.23. The van der Waals surface area contributed by atoms with Crippen molar-refractivity contribution in [2.24, 2.45) is 0 Å². The number of rotatable bonds is 4. The quantitative estimate of drug-likeness (QED) is 0.493. The summed E-state index contributed by atoms with van der Waals surface area (Å²) in [6.45, 7) is 1.94. The summed E-state index contributed by atoms with van der Waals surface area (Å²) in [6.07, 6.45) is 1.75. The van der Waals surface area contributed by atoms with Gasteiger partial charge in [0.25, 0.3) is 0 Å². The molecule has 4 heteroatoms. The molecular weight excluding hydrogens is 292 g/mol. The molecule has 0 unspecified atom stereocenters. The molecule has 0 fully saturated rings. The third-order valence-corrected chi connectivity index (χ3v) is 3.48. The molecule has 2 aromatic carbocycles. The van der Waals surface area contributed by atoms with Crippen LogP contribution in [0.25, 0.3) is 11.6 Å². The van der Waals surface area contributed by atoms with E-state index in [1.807, 2.05) is 31.2 Å². The molecule has 0 heterocycles. The molecule has 2 rings (SSSR count). The number of ether oxygens (including phenoxy) is 2. The van der Waals surface area contributed by atoms with Gasteiger partial charge in [-0.1, -0.05) is 36.4 Å². The third-order valence-electron chi connectivity index (χ3n) is 3.48. The van der Waals surface area contributed by atoms with Crippen LogP contribution in [-0.4, -0.2) is 26.2 Å². The molecule has 118 valence electrons. The van der Waals surface area contributed by atoms with E-state index in [0.717, 1.165) is 16.7 Å². The van der Waals surface area contributed by atoms with Crippen molar-refractivity contribution in [3.05, 3.63) is 70.8 Å². The Hall–Kier alpha value is -2.88. The van der Waals surface area contributed by atoms with Crippen LogP contribution in [0.15, 0.2) is 48.5 Å². The van der Waals surface area contributed by atoms with Crippen molar-refractivity contribution in [2.45, 2.75) is 6.92 Å². The number of benzene rings is 2. The highest BCUT2D eigenvalue weighted by Crippen LogP contribution is 2.23. The van der Waals surface area contributed by atoms with Gasteiger partial charge in [-0.05, 0) is 41.8 Å². The van der Waals surface area contributed by atoms with E-state index in [2.05, 4.69) is 4.74 Å². The van der Waals surface area contributed by atoms with Gasteiger partial charge in [-0.25, -0.2) is 9.59 Å². The monoisotopic (exact) mass is 310 g/mol. The molecule has 0 spiro atoms. The van der Waals surface area contributed by atoms with Crippen LogP contribution < -0.4 is 0 Å². The predicted molar refractivity (Wildman–Crippen MR) is 88.8 cm³/mol. The van der Waals surface area contributed by atoms with Gasteiger partial charge in [0, 0.05) is 0 Å². The largest absolute Gasteiger partial charge is 0.465 e. The number of esters is 2. The highest BCUT2D eigenvalue weighted by atomic mass is 16.5. The van der Waals surface area contributed by atoms with E-state index in [-0.39, 0.29) is 0 Å². The van der Waals surface area contributed by atoms with Gasteiger partial charge >= 0.3 is 11.9 Å². The van der Waals surface area contributed by atoms with Gasteiger partial charge in [-0.3, -0.25) is 0 Å². The molecule has 0 saturated heterocycles. The van der Waals surface area contributed by atoms with Crippen molar-refractivity contribution in [1.29, 1.82) is 0 Å². The number of aryl methyl sites for hydroxylation is 1. The second-order valence-corrected chi connectivity index (χ2v) is 4.98. The zero-order valence-electron chi connectivity index (χ0n) is 13.3. The number of carbonyl (C=O) groups is 2. The highest BCUT2D eigenvalue weighted by Gasteiger charge is 2.14. The van der Waals surface area contributed by atoms with E-state index < -0.39 is 11.9 Å². The van der Waals surface area contributed by atoms with Crippen molar-refractivity contribution in [2.75, 3.05) is 14.2 Å². The lowest BCUT2D eigenvalue weighted by molar-refractivity contribution is -0.133. The Kier molecular flexibility index (Phi) is 5.31. The van der Waals surface area contributed by atoms with Crippen molar-refractivity contribution < 1.29 is 19.1 Å². The van der Waals surface area contributed by atoms with E-state index in [0.29, 0.717) is 11.1 Å². The first-order valence-corrected chi connectivity index (χ1v) is 7.11. The standard InChI is InChI=1S/C19H18O4/c1-13-6-4-5-7-16(13)17(19(21)23-3)12-14-8-10-15(11-9-14)18(20)22-2/h4-12H,1-3H3/b17-12+. The molecule has 0 aliphatic carbocycles. The molecule has 2 aromatic rings. The molecule has 4 nitrogen and oxygen atoms in total. The van der Waals surface area contributed by atoms with Crippen LogP contribution in [0.3, 0.4) is 0 Å². The second-order valence-electron chi connectivity index (χ2n) is 4.98. The molecule has 0 aliphatic heterocycles. The van der Waals surface area contributed by atoms with Gasteiger partial charge in [0.05, 0.1) is 25.4 Å². The van der Waals surface area contributed by atoms with Crippen LogP contribution in [-0.2, 0) is 14.3 Å². The first-order valence-electron chi connectivity index (χ1n) is 7.11. The summed E-state index contributed by atoms with van der Waals surface area (Å²) < 4.78 is 9.56. The number of methoxy groups -OCH3 is 2. The lowest BCUT2D eigenvalue weighted by Crippen LogP contribution is -2.05. The van der Waals surface area contributed by atoms with Crippen molar-refractivity contribution in [3.63, 3.8) is 0 Å². The average Bonchev–Trinajstić information content (AvgIpc) is 2.59. The SMILES string of the molecule is COC(=O)/C(=C/c1ccc(C(=O)OC)cc1)c1ccccc1C. The van der Waals surface area contributed by atoms with Crippen molar-refractivity contribution >= 4 is 23.6 Å². The lowest BCUT2D eigenvalue weighted by atomic mass is 9.98. The predicted octanol–water partition coefficient (Wildman–Crippen LogP) is 3.50. The zero-order valence-corrected chi connectivity index (χ0v) is 13.3. The van der Waals surface area contributed by atoms with Gasteiger partial charge < -0.3 is 9.47 Å². The molecule has 0 aromatic heterocycles. The Balaban J connectivity index is 2.44. The maximum absolute atomic E-state index is 12.1. The van der Waals surface area contributed by atoms with E-state index in [9.17, 15) is 9.59 Å². The summed E-state index contributed by atoms with van der Waals surface area (Å²) in [5.74, 6) is -0.802. The number of hydrogen-bond acceptors (Lipinski definition) is 4. The highest BCUT2D eigenvalue weighted by molar-refractivity contribution is 6.21. The van der Waals surface area contributed by atoms with Crippen LogP contribution in [0.1, 0.15) is 27.0 Å². The average molecular weight is 310 g/mol. The molecule has 0 amide bonds. The number of hydrogen-bond donors (Lipinski definition) is 0. The molecular formula is C19H18O4. The van der Waals surface area contributed by atoms with Crippen LogP contribution >= 0.6 is 0 Å². The third kappa shape index (κ3) is 3.86. The molecule has 0 bridgehead atoms. The fraction of sp³-hybridized carbons (Fsp3) is 0.158. The summed E-state index contributed by atoms with van der Waals surface area (Å²) in [7, 11) is 2.69. The lowest BCUT2D eigenvalue weighted by Gasteiger charge is -2.09. The smallest absolute Gasteiger partial charge is 0.338 e. The van der Waals surface area contributed by atoms with Crippen molar-refractivity contribution in [1.82, 2.24) is 0 Å². The first-order chi connectivity index (χ1) is 11.1. The summed E-state index contributed by atoms with van der Waals surface area (Å²) in [4.78, 5) is 23.6. The van der Waals surface area contributed by atoms with Crippen LogP contribution in [0.5, 0.6) is 0 Å². The van der Waals surface area contributed by atoms with Gasteiger partial charge in [0.2, 0.25) is 0 Å². The van der Waals surface area contributed by atoms with Gasteiger partial charge in [0.1, 0.15) is 0 Å². The topological polar surface area (TPSA) is 52.6 Å². The molecule has 0 N–H and O–H groups in total. The Labute approximate surface area is 135 Å². The Morgan fingerprint density at radius 3 is 2.13 bits per heavy atom. The Morgan fingerprint density at radius 2 is 1.57 bits per heavy atom. The summed E-state index contributed by atoms with van der Waals surface area (Å²) >= 11 is 0. The van der Waals surface area contributed by atoms with Crippen molar-refractivity contribution in [3.8, 4) is 0 Å². The molecule has 0 radical (unpaired) electrons. The summed E-state index contributed by atoms with van der Waals surface area (Å²) in [5, 5.41) is 0. The van der Waals surface area contributed by atoms with Crippen LogP contribution in [0.4, 0.5) is 0 Å². The number of carbonyl (C=O) groups excluding carboxylic acids is 2. The minimum absolute atomic E-state index is 0.396. The van der Waals surface area contributed by atoms with Gasteiger partial charge in [-0.15, -0.1) is 0 Å². The zero-order chi connectivity index (χ0) is 16.8.